The molecule has 4 rings (SSSR count). The number of nitrogens with zero attached hydrogens (tertiary/aromatic N) is 3. The van der Waals surface area contributed by atoms with E-state index in [0.717, 1.165) is 24.9 Å². The first-order valence-electron chi connectivity index (χ1n) is 11.7. The Morgan fingerprint density at radius 1 is 1.17 bits per heavy atom. The van der Waals surface area contributed by atoms with Crippen LogP contribution < -0.4 is 10.6 Å². The van der Waals surface area contributed by atoms with Gasteiger partial charge in [-0.3, -0.25) is 14.5 Å². The quantitative estimate of drug-likeness (QED) is 0.511. The Kier molecular flexibility index (Phi) is 7.52. The average molecular weight is 496 g/mol. The number of hydrogen-bond acceptors (Lipinski definition) is 6. The van der Waals surface area contributed by atoms with Crippen LogP contribution in [0.1, 0.15) is 49.9 Å². The molecule has 184 valence electrons. The molecule has 8 nitrogen and oxygen atoms in total. The minimum atomic E-state index is -0.376. The number of carbonyl (C=O) groups excluding carboxylic acids is 2. The highest BCUT2D eigenvalue weighted by Gasteiger charge is 2.28. The number of benzene rings is 2. The molecule has 3 aromatic rings. The number of para-hydroxylation sites is 1. The molecule has 1 aliphatic rings. The van der Waals surface area contributed by atoms with Gasteiger partial charge in [-0.05, 0) is 64.4 Å². The predicted molar refractivity (Wildman–Crippen MR) is 135 cm³/mol. The molecule has 1 aliphatic heterocycles. The first kappa shape index (κ1) is 24.9. The lowest BCUT2D eigenvalue weighted by atomic mass is 9.96. The normalized spacial score (nSPS) is 16.6. The maximum absolute atomic E-state index is 13.1. The van der Waals surface area contributed by atoms with Gasteiger partial charge in [0, 0.05) is 22.7 Å². The molecule has 9 heteroatoms. The summed E-state index contributed by atoms with van der Waals surface area (Å²) < 4.78 is 5.44. The first-order chi connectivity index (χ1) is 16.7. The number of carbonyl (C=O) groups is 2. The number of aromatic nitrogens is 2. The minimum absolute atomic E-state index is 0.101. The van der Waals surface area contributed by atoms with E-state index >= 15 is 0 Å². The molecule has 0 spiro atoms. The lowest BCUT2D eigenvalue weighted by Gasteiger charge is -2.31. The first-order valence-corrected chi connectivity index (χ1v) is 12.1. The Bertz CT molecular complexity index is 1200. The second kappa shape index (κ2) is 10.6. The molecule has 2 heterocycles. The van der Waals surface area contributed by atoms with Crippen LogP contribution in [0.15, 0.2) is 53.1 Å². The van der Waals surface area contributed by atoms with Gasteiger partial charge in [0.1, 0.15) is 0 Å². The van der Waals surface area contributed by atoms with Crippen LogP contribution in [0.2, 0.25) is 5.02 Å². The van der Waals surface area contributed by atoms with Gasteiger partial charge in [0.15, 0.2) is 0 Å². The summed E-state index contributed by atoms with van der Waals surface area (Å²) in [7, 11) is 0. The van der Waals surface area contributed by atoms with Crippen molar-refractivity contribution in [3.05, 3.63) is 65.0 Å². The zero-order valence-electron chi connectivity index (χ0n) is 20.2. The summed E-state index contributed by atoms with van der Waals surface area (Å²) in [5, 5.41) is 10.6. The molecule has 1 aromatic heterocycles. The van der Waals surface area contributed by atoms with E-state index in [-0.39, 0.29) is 23.3 Å². The lowest BCUT2D eigenvalue weighted by Crippen LogP contribution is -2.42. The van der Waals surface area contributed by atoms with E-state index in [9.17, 15) is 9.59 Å². The molecule has 1 saturated heterocycles. The molecule has 1 fully saturated rings. The van der Waals surface area contributed by atoms with Gasteiger partial charge in [0.2, 0.25) is 17.6 Å². The summed E-state index contributed by atoms with van der Waals surface area (Å²) in [4.78, 5) is 32.5. The molecule has 0 aliphatic carbocycles. The molecule has 35 heavy (non-hydrogen) atoms. The molecular formula is C26H30ClN5O3. The number of anilines is 1. The largest absolute Gasteiger partial charge is 0.347 e. The zero-order valence-corrected chi connectivity index (χ0v) is 20.9. The van der Waals surface area contributed by atoms with Gasteiger partial charge in [-0.1, -0.05) is 41.0 Å². The third-order valence-electron chi connectivity index (χ3n) is 5.70. The van der Waals surface area contributed by atoms with Gasteiger partial charge in [-0.2, -0.15) is 4.98 Å². The van der Waals surface area contributed by atoms with E-state index in [1.54, 1.807) is 30.3 Å². The highest BCUT2D eigenvalue weighted by atomic mass is 35.5. The van der Waals surface area contributed by atoms with Crippen molar-refractivity contribution in [2.24, 2.45) is 5.92 Å². The van der Waals surface area contributed by atoms with Crippen LogP contribution in [-0.2, 0) is 11.3 Å². The lowest BCUT2D eigenvalue weighted by molar-refractivity contribution is -0.121. The van der Waals surface area contributed by atoms with Gasteiger partial charge < -0.3 is 15.2 Å². The number of amides is 2. The number of piperidine rings is 1. The Hall–Kier alpha value is -3.23. The Balaban J connectivity index is 1.39. The standard InChI is InChI=1S/C26H30ClN5O3/c1-26(2,3)30-25(34)20-11-4-5-12-21(20)28-24(33)18-9-7-13-32(15-18)16-22-29-23(31-35-22)17-8-6-10-19(27)14-17/h4-6,8,10-12,14,18H,7,9,13,15-16H2,1-3H3,(H,28,33)(H,30,34). The van der Waals surface area contributed by atoms with Crippen molar-refractivity contribution in [2.45, 2.75) is 45.7 Å². The Morgan fingerprint density at radius 2 is 1.97 bits per heavy atom. The van der Waals surface area contributed by atoms with Crippen LogP contribution in [0, 0.1) is 5.92 Å². The summed E-state index contributed by atoms with van der Waals surface area (Å²) in [6, 6.07) is 14.4. The molecule has 0 bridgehead atoms. The molecule has 1 atom stereocenters. The van der Waals surface area contributed by atoms with Crippen LogP contribution in [-0.4, -0.2) is 45.5 Å². The maximum atomic E-state index is 13.1. The van der Waals surface area contributed by atoms with Crippen LogP contribution in [0.25, 0.3) is 11.4 Å². The van der Waals surface area contributed by atoms with Crippen molar-refractivity contribution in [3.8, 4) is 11.4 Å². The van der Waals surface area contributed by atoms with Crippen LogP contribution in [0.3, 0.4) is 0 Å². The van der Waals surface area contributed by atoms with Gasteiger partial charge in [-0.15, -0.1) is 0 Å². The van der Waals surface area contributed by atoms with Crippen molar-refractivity contribution in [2.75, 3.05) is 18.4 Å². The van der Waals surface area contributed by atoms with Gasteiger partial charge in [0.05, 0.1) is 23.7 Å². The van der Waals surface area contributed by atoms with Crippen LogP contribution in [0.4, 0.5) is 5.69 Å². The predicted octanol–water partition coefficient (Wildman–Crippen LogP) is 4.77. The van der Waals surface area contributed by atoms with Crippen molar-refractivity contribution in [3.63, 3.8) is 0 Å². The summed E-state index contributed by atoms with van der Waals surface area (Å²) in [6.45, 7) is 7.63. The summed E-state index contributed by atoms with van der Waals surface area (Å²) >= 11 is 6.06. The molecule has 2 N–H and O–H groups in total. The number of likely N-dealkylation sites (tertiary alicyclic amines) is 1. The molecule has 0 radical (unpaired) electrons. The highest BCUT2D eigenvalue weighted by Crippen LogP contribution is 2.24. The van der Waals surface area contributed by atoms with Crippen molar-refractivity contribution < 1.29 is 14.1 Å². The Morgan fingerprint density at radius 3 is 2.74 bits per heavy atom. The number of halogens is 1. The van der Waals surface area contributed by atoms with Gasteiger partial charge >= 0.3 is 0 Å². The smallest absolute Gasteiger partial charge is 0.253 e. The summed E-state index contributed by atoms with van der Waals surface area (Å²) in [6.07, 6.45) is 1.65. The van der Waals surface area contributed by atoms with Crippen LogP contribution >= 0.6 is 11.6 Å². The fraction of sp³-hybridized carbons (Fsp3) is 0.385. The molecule has 2 amide bonds. The van der Waals surface area contributed by atoms with E-state index in [1.807, 2.05) is 39.0 Å². The summed E-state index contributed by atoms with van der Waals surface area (Å²) in [5.41, 5.74) is 1.37. The number of nitrogens with one attached hydrogen (secondary N) is 2. The fourth-order valence-electron chi connectivity index (χ4n) is 4.10. The van der Waals surface area contributed by atoms with Crippen LogP contribution in [0.5, 0.6) is 0 Å². The van der Waals surface area contributed by atoms with Crippen molar-refractivity contribution in [1.29, 1.82) is 0 Å². The van der Waals surface area contributed by atoms with E-state index in [1.165, 1.54) is 0 Å². The minimum Gasteiger partial charge on any atom is -0.347 e. The van der Waals surface area contributed by atoms with E-state index in [4.69, 9.17) is 16.1 Å². The van der Waals surface area contributed by atoms with E-state index in [2.05, 4.69) is 25.7 Å². The van der Waals surface area contributed by atoms with Gasteiger partial charge in [-0.25, -0.2) is 0 Å². The monoisotopic (exact) mass is 495 g/mol. The molecule has 1 unspecified atom stereocenters. The SMILES string of the molecule is CC(C)(C)NC(=O)c1ccccc1NC(=O)C1CCCN(Cc2nc(-c3cccc(Cl)c3)no2)C1. The van der Waals surface area contributed by atoms with Gasteiger partial charge in [0.25, 0.3) is 5.91 Å². The molecular weight excluding hydrogens is 466 g/mol. The van der Waals surface area contributed by atoms with Crippen molar-refractivity contribution >= 4 is 29.1 Å². The maximum Gasteiger partial charge on any atom is 0.253 e. The second-order valence-electron chi connectivity index (χ2n) is 9.84. The molecule has 2 aromatic carbocycles. The topological polar surface area (TPSA) is 100 Å². The molecule has 0 saturated carbocycles. The number of rotatable bonds is 6. The average Bonchev–Trinajstić information content (AvgIpc) is 3.27. The highest BCUT2D eigenvalue weighted by molar-refractivity contribution is 6.30. The third-order valence-corrected chi connectivity index (χ3v) is 5.94. The summed E-state index contributed by atoms with van der Waals surface area (Å²) in [5.74, 6) is 0.448. The fourth-order valence-corrected chi connectivity index (χ4v) is 4.29. The van der Waals surface area contributed by atoms with Crippen molar-refractivity contribution in [1.82, 2.24) is 20.4 Å². The third kappa shape index (κ3) is 6.68. The number of hydrogen-bond donors (Lipinski definition) is 2. The zero-order chi connectivity index (χ0) is 25.0. The second-order valence-corrected chi connectivity index (χ2v) is 10.3. The van der Waals surface area contributed by atoms with E-state index in [0.29, 0.717) is 41.1 Å². The van der Waals surface area contributed by atoms with E-state index < -0.39 is 0 Å². The Labute approximate surface area is 210 Å².